The number of halogens is 2. The molecule has 0 bridgehead atoms. The number of fused-ring (bicyclic) bond motifs is 1. The van der Waals surface area contributed by atoms with Crippen LogP contribution in [0, 0.1) is 5.82 Å². The van der Waals surface area contributed by atoms with Gasteiger partial charge in [-0.25, -0.2) is 9.37 Å². The van der Waals surface area contributed by atoms with E-state index in [1.54, 1.807) is 43.5 Å². The van der Waals surface area contributed by atoms with E-state index >= 15 is 0 Å². The number of rotatable bonds is 5. The summed E-state index contributed by atoms with van der Waals surface area (Å²) in [7, 11) is 1.56. The first-order chi connectivity index (χ1) is 14.5. The van der Waals surface area contributed by atoms with Crippen LogP contribution in [0.15, 0.2) is 76.3 Å². The summed E-state index contributed by atoms with van der Waals surface area (Å²) in [6, 6.07) is 18.3. The topological polar surface area (TPSA) is 54.8 Å². The summed E-state index contributed by atoms with van der Waals surface area (Å²) >= 11 is 4.80. The second-order valence-electron chi connectivity index (χ2n) is 6.25. The number of benzene rings is 3. The van der Waals surface area contributed by atoms with Crippen molar-refractivity contribution in [1.29, 1.82) is 0 Å². The van der Waals surface area contributed by atoms with Gasteiger partial charge in [-0.2, -0.15) is 10.1 Å². The standard InChI is InChI=1S/C22H15BrFN3O2S/c1-29-18-9-4-15(5-10-18)21(28)27(25-13-14-2-7-17(24)8-3-14)22-26-19-11-6-16(23)12-20(19)30-22/h2-13H,1H3/b25-13+. The molecule has 0 aliphatic heterocycles. The van der Waals surface area contributed by atoms with Crippen LogP contribution in [0.4, 0.5) is 9.52 Å². The van der Waals surface area contributed by atoms with Crippen LogP contribution in [0.5, 0.6) is 5.75 Å². The van der Waals surface area contributed by atoms with Crippen LogP contribution in [-0.2, 0) is 0 Å². The third-order valence-corrected chi connectivity index (χ3v) is 5.73. The smallest absolute Gasteiger partial charge is 0.280 e. The van der Waals surface area contributed by atoms with Gasteiger partial charge in [0.2, 0.25) is 5.13 Å². The van der Waals surface area contributed by atoms with E-state index in [9.17, 15) is 9.18 Å². The summed E-state index contributed by atoms with van der Waals surface area (Å²) in [6.07, 6.45) is 1.50. The fourth-order valence-corrected chi connectivity index (χ4v) is 4.17. The average molecular weight is 484 g/mol. The van der Waals surface area contributed by atoms with Crippen LogP contribution in [0.1, 0.15) is 15.9 Å². The Morgan fingerprint density at radius 1 is 1.13 bits per heavy atom. The summed E-state index contributed by atoms with van der Waals surface area (Å²) < 4.78 is 20.2. The quantitative estimate of drug-likeness (QED) is 0.262. The summed E-state index contributed by atoms with van der Waals surface area (Å²) in [4.78, 5) is 17.8. The monoisotopic (exact) mass is 483 g/mol. The van der Waals surface area contributed by atoms with Crippen molar-refractivity contribution < 1.29 is 13.9 Å². The Kier molecular flexibility index (Phi) is 5.87. The molecule has 0 saturated carbocycles. The molecule has 0 atom stereocenters. The maximum Gasteiger partial charge on any atom is 0.280 e. The van der Waals surface area contributed by atoms with Crippen molar-refractivity contribution in [1.82, 2.24) is 4.98 Å². The lowest BCUT2D eigenvalue weighted by atomic mass is 10.2. The summed E-state index contributed by atoms with van der Waals surface area (Å²) in [5.74, 6) is -0.0260. The highest BCUT2D eigenvalue weighted by Gasteiger charge is 2.21. The van der Waals surface area contributed by atoms with Crippen LogP contribution in [0.3, 0.4) is 0 Å². The number of carbonyl (C=O) groups is 1. The van der Waals surface area contributed by atoms with E-state index in [1.807, 2.05) is 18.2 Å². The number of hydrogen-bond donors (Lipinski definition) is 0. The van der Waals surface area contributed by atoms with Crippen molar-refractivity contribution in [2.45, 2.75) is 0 Å². The molecular formula is C22H15BrFN3O2S. The van der Waals surface area contributed by atoms with E-state index < -0.39 is 0 Å². The molecule has 150 valence electrons. The van der Waals surface area contributed by atoms with E-state index in [0.29, 0.717) is 22.0 Å². The number of aromatic nitrogens is 1. The van der Waals surface area contributed by atoms with Gasteiger partial charge in [-0.05, 0) is 60.2 Å². The molecule has 0 fully saturated rings. The number of carbonyl (C=O) groups excluding carboxylic acids is 1. The normalized spacial score (nSPS) is 11.2. The van der Waals surface area contributed by atoms with Gasteiger partial charge in [-0.1, -0.05) is 39.4 Å². The molecule has 0 N–H and O–H groups in total. The molecule has 0 aliphatic rings. The van der Waals surface area contributed by atoms with Crippen molar-refractivity contribution in [3.05, 3.63) is 88.1 Å². The van der Waals surface area contributed by atoms with Crippen LogP contribution >= 0.6 is 27.3 Å². The molecule has 5 nitrogen and oxygen atoms in total. The first-order valence-electron chi connectivity index (χ1n) is 8.87. The zero-order chi connectivity index (χ0) is 21.1. The van der Waals surface area contributed by atoms with E-state index in [4.69, 9.17) is 4.74 Å². The molecule has 0 aliphatic carbocycles. The third-order valence-electron chi connectivity index (χ3n) is 4.24. The van der Waals surface area contributed by atoms with E-state index in [-0.39, 0.29) is 11.7 Å². The first-order valence-corrected chi connectivity index (χ1v) is 10.5. The lowest BCUT2D eigenvalue weighted by Crippen LogP contribution is -2.25. The largest absolute Gasteiger partial charge is 0.497 e. The van der Waals surface area contributed by atoms with Gasteiger partial charge in [0, 0.05) is 10.0 Å². The van der Waals surface area contributed by atoms with Gasteiger partial charge in [-0.15, -0.1) is 0 Å². The number of nitrogens with zero attached hydrogens (tertiary/aromatic N) is 3. The van der Waals surface area contributed by atoms with Gasteiger partial charge in [0.05, 0.1) is 23.5 Å². The number of amides is 1. The second-order valence-corrected chi connectivity index (χ2v) is 8.17. The Morgan fingerprint density at radius 2 is 1.87 bits per heavy atom. The predicted molar refractivity (Wildman–Crippen MR) is 121 cm³/mol. The summed E-state index contributed by atoms with van der Waals surface area (Å²) in [6.45, 7) is 0. The molecular weight excluding hydrogens is 469 g/mol. The van der Waals surface area contributed by atoms with Gasteiger partial charge in [-0.3, -0.25) is 4.79 Å². The zero-order valence-corrected chi connectivity index (χ0v) is 18.2. The number of thiazole rings is 1. The molecule has 0 saturated heterocycles. The fraction of sp³-hybridized carbons (Fsp3) is 0.0455. The first kappa shape index (κ1) is 20.2. The van der Waals surface area contributed by atoms with Crippen LogP contribution in [-0.4, -0.2) is 24.2 Å². The Balaban J connectivity index is 1.74. The van der Waals surface area contributed by atoms with Crippen LogP contribution in [0.2, 0.25) is 0 Å². The van der Waals surface area contributed by atoms with Gasteiger partial charge in [0.1, 0.15) is 11.6 Å². The molecule has 30 heavy (non-hydrogen) atoms. The molecule has 0 spiro atoms. The molecule has 1 heterocycles. The molecule has 4 rings (SSSR count). The highest BCUT2D eigenvalue weighted by molar-refractivity contribution is 9.10. The summed E-state index contributed by atoms with van der Waals surface area (Å²) in [5.41, 5.74) is 1.86. The number of methoxy groups -OCH3 is 1. The van der Waals surface area contributed by atoms with Crippen molar-refractivity contribution in [2.75, 3.05) is 12.1 Å². The highest BCUT2D eigenvalue weighted by Crippen LogP contribution is 2.32. The van der Waals surface area contributed by atoms with Crippen molar-refractivity contribution >= 4 is 54.7 Å². The van der Waals surface area contributed by atoms with Gasteiger partial charge >= 0.3 is 0 Å². The van der Waals surface area contributed by atoms with E-state index in [1.165, 1.54) is 34.7 Å². The molecule has 8 heteroatoms. The Labute approximate surface area is 184 Å². The summed E-state index contributed by atoms with van der Waals surface area (Å²) in [5, 5.41) is 6.06. The van der Waals surface area contributed by atoms with E-state index in [0.717, 1.165) is 14.7 Å². The lowest BCUT2D eigenvalue weighted by Gasteiger charge is -2.14. The number of ether oxygens (including phenoxy) is 1. The minimum Gasteiger partial charge on any atom is -0.497 e. The predicted octanol–water partition coefficient (Wildman–Crippen LogP) is 5.89. The Morgan fingerprint density at radius 3 is 2.57 bits per heavy atom. The average Bonchev–Trinajstić information content (AvgIpc) is 3.18. The molecule has 3 aromatic carbocycles. The van der Waals surface area contributed by atoms with Crippen LogP contribution in [0.25, 0.3) is 10.2 Å². The number of anilines is 1. The molecule has 4 aromatic rings. The van der Waals surface area contributed by atoms with Crippen molar-refractivity contribution in [3.63, 3.8) is 0 Å². The van der Waals surface area contributed by atoms with Gasteiger partial charge < -0.3 is 4.74 Å². The Hall–Kier alpha value is -3.10. The molecule has 1 aromatic heterocycles. The third kappa shape index (κ3) is 4.39. The number of hydrazone groups is 1. The maximum absolute atomic E-state index is 13.2. The molecule has 0 unspecified atom stereocenters. The minimum absolute atomic E-state index is 0.338. The highest BCUT2D eigenvalue weighted by atomic mass is 79.9. The Bertz CT molecular complexity index is 1220. The number of hydrogen-bond acceptors (Lipinski definition) is 5. The minimum atomic E-state index is -0.339. The van der Waals surface area contributed by atoms with Gasteiger partial charge in [0.25, 0.3) is 5.91 Å². The van der Waals surface area contributed by atoms with Gasteiger partial charge in [0.15, 0.2) is 0 Å². The van der Waals surface area contributed by atoms with Crippen molar-refractivity contribution in [3.8, 4) is 5.75 Å². The lowest BCUT2D eigenvalue weighted by molar-refractivity contribution is 0.0988. The molecule has 1 amide bonds. The fourth-order valence-electron chi connectivity index (χ4n) is 2.69. The zero-order valence-electron chi connectivity index (χ0n) is 15.8. The SMILES string of the molecule is COc1ccc(C(=O)N(/N=C/c2ccc(F)cc2)c2nc3ccc(Br)cc3s2)cc1. The second kappa shape index (κ2) is 8.73. The van der Waals surface area contributed by atoms with Crippen molar-refractivity contribution in [2.24, 2.45) is 5.10 Å². The molecule has 0 radical (unpaired) electrons. The maximum atomic E-state index is 13.2. The van der Waals surface area contributed by atoms with Crippen LogP contribution < -0.4 is 9.75 Å². The van der Waals surface area contributed by atoms with E-state index in [2.05, 4.69) is 26.0 Å².